The number of aryl methyl sites for hydroxylation is 1. The number of hydrogen-bond donors (Lipinski definition) is 1. The predicted octanol–water partition coefficient (Wildman–Crippen LogP) is 0.970. The standard InChI is InChI=1S/C11H11N5O2S/c1-2-16-8-10(6-14-16)15-19(17,18)11-4-3-9(5-12)13-7-11/h3-4,6-8,15H,2H2,1H3. The number of anilines is 1. The molecule has 98 valence electrons. The van der Waals surface area contributed by atoms with Crippen molar-refractivity contribution in [1.82, 2.24) is 14.8 Å². The Morgan fingerprint density at radius 2 is 2.21 bits per heavy atom. The molecule has 0 spiro atoms. The molecule has 0 saturated carbocycles. The van der Waals surface area contributed by atoms with Gasteiger partial charge in [-0.2, -0.15) is 10.4 Å². The van der Waals surface area contributed by atoms with E-state index in [1.54, 1.807) is 10.9 Å². The fourth-order valence-electron chi connectivity index (χ4n) is 1.41. The van der Waals surface area contributed by atoms with Crippen LogP contribution in [0.3, 0.4) is 0 Å². The van der Waals surface area contributed by atoms with Gasteiger partial charge in [-0.25, -0.2) is 13.4 Å². The van der Waals surface area contributed by atoms with Gasteiger partial charge in [0.25, 0.3) is 10.0 Å². The number of rotatable bonds is 4. The molecular weight excluding hydrogens is 266 g/mol. The van der Waals surface area contributed by atoms with Crippen LogP contribution in [0, 0.1) is 11.3 Å². The third-order valence-corrected chi connectivity index (χ3v) is 3.74. The predicted molar refractivity (Wildman–Crippen MR) is 67.7 cm³/mol. The first-order valence-corrected chi connectivity index (χ1v) is 6.95. The van der Waals surface area contributed by atoms with Crippen molar-refractivity contribution in [1.29, 1.82) is 5.26 Å². The molecule has 2 rings (SSSR count). The zero-order valence-corrected chi connectivity index (χ0v) is 10.9. The van der Waals surface area contributed by atoms with E-state index < -0.39 is 10.0 Å². The first-order valence-electron chi connectivity index (χ1n) is 5.46. The van der Waals surface area contributed by atoms with Gasteiger partial charge in [0.2, 0.25) is 0 Å². The zero-order chi connectivity index (χ0) is 13.9. The van der Waals surface area contributed by atoms with Gasteiger partial charge in [0.15, 0.2) is 0 Å². The van der Waals surface area contributed by atoms with E-state index in [0.717, 1.165) is 6.20 Å². The third kappa shape index (κ3) is 2.89. The maximum atomic E-state index is 12.0. The average molecular weight is 277 g/mol. The molecule has 19 heavy (non-hydrogen) atoms. The number of pyridine rings is 1. The maximum absolute atomic E-state index is 12.0. The van der Waals surface area contributed by atoms with Crippen LogP contribution in [-0.2, 0) is 16.6 Å². The molecule has 0 fully saturated rings. The maximum Gasteiger partial charge on any atom is 0.263 e. The van der Waals surface area contributed by atoms with Gasteiger partial charge >= 0.3 is 0 Å². The van der Waals surface area contributed by atoms with Gasteiger partial charge in [0.1, 0.15) is 16.7 Å². The second-order valence-electron chi connectivity index (χ2n) is 3.68. The van der Waals surface area contributed by atoms with Gasteiger partial charge in [-0.05, 0) is 19.1 Å². The van der Waals surface area contributed by atoms with Crippen LogP contribution in [-0.4, -0.2) is 23.2 Å². The minimum Gasteiger partial charge on any atom is -0.276 e. The molecule has 0 unspecified atom stereocenters. The number of nitriles is 1. The van der Waals surface area contributed by atoms with Crippen LogP contribution in [0.5, 0.6) is 0 Å². The van der Waals surface area contributed by atoms with Gasteiger partial charge in [-0.1, -0.05) is 0 Å². The van der Waals surface area contributed by atoms with Crippen LogP contribution in [0.4, 0.5) is 5.69 Å². The lowest BCUT2D eigenvalue weighted by molar-refractivity contribution is 0.600. The number of nitrogens with zero attached hydrogens (tertiary/aromatic N) is 4. The number of aromatic nitrogens is 3. The molecule has 2 aromatic heterocycles. The smallest absolute Gasteiger partial charge is 0.263 e. The van der Waals surface area contributed by atoms with Crippen LogP contribution < -0.4 is 4.72 Å². The number of hydrogen-bond acceptors (Lipinski definition) is 5. The lowest BCUT2D eigenvalue weighted by Gasteiger charge is -2.04. The van der Waals surface area contributed by atoms with Gasteiger partial charge < -0.3 is 0 Å². The van der Waals surface area contributed by atoms with Crippen molar-refractivity contribution in [3.8, 4) is 6.07 Å². The Labute approximate surface area is 110 Å². The second-order valence-corrected chi connectivity index (χ2v) is 5.36. The van der Waals surface area contributed by atoms with Crippen molar-refractivity contribution in [2.45, 2.75) is 18.4 Å². The molecule has 8 heteroatoms. The largest absolute Gasteiger partial charge is 0.276 e. The summed E-state index contributed by atoms with van der Waals surface area (Å²) in [6, 6.07) is 4.51. The second kappa shape index (κ2) is 5.07. The van der Waals surface area contributed by atoms with Crippen molar-refractivity contribution < 1.29 is 8.42 Å². The van der Waals surface area contributed by atoms with Crippen LogP contribution in [0.25, 0.3) is 0 Å². The van der Waals surface area contributed by atoms with Crippen molar-refractivity contribution in [3.05, 3.63) is 36.4 Å². The first-order chi connectivity index (χ1) is 9.05. The van der Waals surface area contributed by atoms with Crippen molar-refractivity contribution in [2.75, 3.05) is 4.72 Å². The van der Waals surface area contributed by atoms with Gasteiger partial charge in [0.05, 0.1) is 11.9 Å². The Bertz CT molecular complexity index is 712. The highest BCUT2D eigenvalue weighted by molar-refractivity contribution is 7.92. The van der Waals surface area contributed by atoms with E-state index in [0.29, 0.717) is 12.2 Å². The van der Waals surface area contributed by atoms with Crippen molar-refractivity contribution in [2.24, 2.45) is 0 Å². The highest BCUT2D eigenvalue weighted by Gasteiger charge is 2.15. The quantitative estimate of drug-likeness (QED) is 0.897. The average Bonchev–Trinajstić information content (AvgIpc) is 2.85. The third-order valence-electron chi connectivity index (χ3n) is 2.37. The summed E-state index contributed by atoms with van der Waals surface area (Å²) < 4.78 is 28.1. The summed E-state index contributed by atoms with van der Waals surface area (Å²) in [4.78, 5) is 3.72. The Kier molecular flexibility index (Phi) is 3.48. The lowest BCUT2D eigenvalue weighted by Crippen LogP contribution is -2.12. The molecule has 0 aliphatic carbocycles. The molecule has 0 aromatic carbocycles. The highest BCUT2D eigenvalue weighted by atomic mass is 32.2. The summed E-state index contributed by atoms with van der Waals surface area (Å²) >= 11 is 0. The van der Waals surface area contributed by atoms with E-state index >= 15 is 0 Å². The van der Waals surface area contributed by atoms with E-state index in [-0.39, 0.29) is 10.6 Å². The van der Waals surface area contributed by atoms with Gasteiger partial charge in [-0.15, -0.1) is 0 Å². The van der Waals surface area contributed by atoms with Gasteiger partial charge in [0, 0.05) is 18.9 Å². The molecule has 0 radical (unpaired) electrons. The summed E-state index contributed by atoms with van der Waals surface area (Å²) in [5.41, 5.74) is 0.545. The van der Waals surface area contributed by atoms with Crippen LogP contribution in [0.1, 0.15) is 12.6 Å². The molecule has 2 aromatic rings. The topological polar surface area (TPSA) is 101 Å². The van der Waals surface area contributed by atoms with Crippen LogP contribution in [0.2, 0.25) is 0 Å². The molecule has 1 N–H and O–H groups in total. The van der Waals surface area contributed by atoms with Crippen LogP contribution in [0.15, 0.2) is 35.6 Å². The highest BCUT2D eigenvalue weighted by Crippen LogP contribution is 2.14. The summed E-state index contributed by atoms with van der Waals surface area (Å²) in [6.07, 6.45) is 4.16. The molecule has 0 bridgehead atoms. The Morgan fingerprint density at radius 3 is 2.74 bits per heavy atom. The fraction of sp³-hybridized carbons (Fsp3) is 0.182. The van der Waals surface area contributed by atoms with E-state index in [4.69, 9.17) is 5.26 Å². The van der Waals surface area contributed by atoms with Crippen molar-refractivity contribution >= 4 is 15.7 Å². The molecule has 0 atom stereocenters. The molecular formula is C11H11N5O2S. The van der Waals surface area contributed by atoms with Crippen LogP contribution >= 0.6 is 0 Å². The molecule has 0 saturated heterocycles. The Hall–Kier alpha value is -2.40. The fourth-order valence-corrected chi connectivity index (χ4v) is 2.38. The zero-order valence-electron chi connectivity index (χ0n) is 10.1. The van der Waals surface area contributed by atoms with Gasteiger partial charge in [-0.3, -0.25) is 9.40 Å². The molecule has 0 aliphatic rings. The summed E-state index contributed by atoms with van der Waals surface area (Å²) in [7, 11) is -3.71. The number of nitrogens with one attached hydrogen (secondary N) is 1. The Balaban J connectivity index is 2.24. The summed E-state index contributed by atoms with van der Waals surface area (Å²) in [6.45, 7) is 2.55. The van der Waals surface area contributed by atoms with Crippen molar-refractivity contribution in [3.63, 3.8) is 0 Å². The van der Waals surface area contributed by atoms with E-state index in [9.17, 15) is 8.42 Å². The van der Waals surface area contributed by atoms with E-state index in [2.05, 4.69) is 14.8 Å². The minimum atomic E-state index is -3.71. The SMILES string of the molecule is CCn1cc(NS(=O)(=O)c2ccc(C#N)nc2)cn1. The number of sulfonamides is 1. The molecule has 7 nitrogen and oxygen atoms in total. The van der Waals surface area contributed by atoms with E-state index in [1.165, 1.54) is 18.3 Å². The minimum absolute atomic E-state index is 0.00394. The van der Waals surface area contributed by atoms with E-state index in [1.807, 2.05) is 13.0 Å². The Morgan fingerprint density at radius 1 is 1.42 bits per heavy atom. The molecule has 0 amide bonds. The normalized spacial score (nSPS) is 10.9. The summed E-state index contributed by atoms with van der Waals surface area (Å²) in [5, 5.41) is 12.6. The summed E-state index contributed by atoms with van der Waals surface area (Å²) in [5.74, 6) is 0. The molecule has 0 aliphatic heterocycles. The first kappa shape index (κ1) is 13.0. The lowest BCUT2D eigenvalue weighted by atomic mass is 10.4. The monoisotopic (exact) mass is 277 g/mol. The molecule has 2 heterocycles.